The minimum atomic E-state index is -0.0482. The highest BCUT2D eigenvalue weighted by Crippen LogP contribution is 2.40. The summed E-state index contributed by atoms with van der Waals surface area (Å²) in [7, 11) is 1.75. The quantitative estimate of drug-likeness (QED) is 0.345. The first-order valence-electron chi connectivity index (χ1n) is 9.82. The van der Waals surface area contributed by atoms with Crippen LogP contribution in [0.1, 0.15) is 51.2 Å². The van der Waals surface area contributed by atoms with E-state index in [4.69, 9.17) is 14.5 Å². The zero-order valence-corrected chi connectivity index (χ0v) is 19.8. The van der Waals surface area contributed by atoms with E-state index in [9.17, 15) is 0 Å². The van der Waals surface area contributed by atoms with Gasteiger partial charge in [-0.1, -0.05) is 24.6 Å². The van der Waals surface area contributed by atoms with E-state index in [2.05, 4.69) is 56.5 Å². The van der Waals surface area contributed by atoms with Gasteiger partial charge in [-0.3, -0.25) is 4.99 Å². The van der Waals surface area contributed by atoms with E-state index in [1.54, 1.807) is 7.11 Å². The average Bonchev–Trinajstić information content (AvgIpc) is 2.67. The molecule has 1 unspecified atom stereocenters. The summed E-state index contributed by atoms with van der Waals surface area (Å²) in [6.07, 6.45) is 2.98. The number of nitrogens with one attached hydrogen (secondary N) is 2. The molecule has 2 rings (SSSR count). The van der Waals surface area contributed by atoms with E-state index >= 15 is 0 Å². The zero-order chi connectivity index (χ0) is 19.0. The van der Waals surface area contributed by atoms with Crippen LogP contribution in [0.2, 0.25) is 0 Å². The van der Waals surface area contributed by atoms with E-state index in [-0.39, 0.29) is 29.4 Å². The van der Waals surface area contributed by atoms with Crippen molar-refractivity contribution in [3.63, 3.8) is 0 Å². The number of benzene rings is 1. The van der Waals surface area contributed by atoms with Gasteiger partial charge in [0.15, 0.2) is 5.96 Å². The van der Waals surface area contributed by atoms with Gasteiger partial charge in [0.1, 0.15) is 5.75 Å². The number of methoxy groups -OCH3 is 1. The lowest BCUT2D eigenvalue weighted by molar-refractivity contribution is 0.0522. The Morgan fingerprint density at radius 2 is 2.00 bits per heavy atom. The zero-order valence-electron chi connectivity index (χ0n) is 17.4. The van der Waals surface area contributed by atoms with Gasteiger partial charge in [0.2, 0.25) is 0 Å². The summed E-state index contributed by atoms with van der Waals surface area (Å²) >= 11 is 0. The van der Waals surface area contributed by atoms with Crippen molar-refractivity contribution in [2.75, 3.05) is 33.4 Å². The number of ether oxygens (including phenoxy) is 2. The second-order valence-corrected chi connectivity index (χ2v) is 7.25. The number of guanidine groups is 1. The fourth-order valence-electron chi connectivity index (χ4n) is 3.40. The summed E-state index contributed by atoms with van der Waals surface area (Å²) in [6, 6.07) is 6.84. The lowest BCUT2D eigenvalue weighted by Crippen LogP contribution is -2.44. The predicted molar refractivity (Wildman–Crippen MR) is 124 cm³/mol. The van der Waals surface area contributed by atoms with E-state index in [0.717, 1.165) is 57.3 Å². The maximum Gasteiger partial charge on any atom is 0.191 e. The van der Waals surface area contributed by atoms with E-state index in [0.29, 0.717) is 6.04 Å². The molecular formula is C21H36IN3O2. The maximum absolute atomic E-state index is 5.69. The van der Waals surface area contributed by atoms with E-state index in [1.165, 1.54) is 11.1 Å². The lowest BCUT2D eigenvalue weighted by atomic mass is 9.73. The standard InChI is InChI=1S/C21H35N3O2.HI/c1-6-17(4)24-20(22-7-2)23-15-21(10-12-26-13-11-21)18-14-16(3)8-9-19(18)25-5;/h8-9,14,17H,6-7,10-13,15H2,1-5H3,(H2,22,23,24);1H. The molecule has 1 heterocycles. The minimum Gasteiger partial charge on any atom is -0.496 e. The number of nitrogens with zero attached hydrogens (tertiary/aromatic N) is 1. The minimum absolute atomic E-state index is 0. The summed E-state index contributed by atoms with van der Waals surface area (Å²) < 4.78 is 11.4. The second kappa shape index (κ2) is 11.7. The summed E-state index contributed by atoms with van der Waals surface area (Å²) in [5.41, 5.74) is 2.46. The SMILES string of the molecule is CCNC(=NCC1(c2cc(C)ccc2OC)CCOCC1)NC(C)CC.I. The van der Waals surface area contributed by atoms with Gasteiger partial charge < -0.3 is 20.1 Å². The average molecular weight is 489 g/mol. The van der Waals surface area contributed by atoms with Crippen molar-refractivity contribution in [1.29, 1.82) is 0 Å². The fraction of sp³-hybridized carbons (Fsp3) is 0.667. The summed E-state index contributed by atoms with van der Waals surface area (Å²) in [5.74, 6) is 1.84. The first-order chi connectivity index (χ1) is 12.5. The number of aliphatic imine (C=N–C) groups is 1. The molecule has 1 aromatic rings. The van der Waals surface area contributed by atoms with Crippen molar-refractivity contribution in [1.82, 2.24) is 10.6 Å². The molecule has 0 aliphatic carbocycles. The summed E-state index contributed by atoms with van der Waals surface area (Å²) in [6.45, 7) is 11.7. The number of halogens is 1. The van der Waals surface area contributed by atoms with Crippen LogP contribution < -0.4 is 15.4 Å². The first-order valence-corrected chi connectivity index (χ1v) is 9.82. The number of hydrogen-bond acceptors (Lipinski definition) is 3. The van der Waals surface area contributed by atoms with Crippen molar-refractivity contribution in [2.45, 2.75) is 58.4 Å². The molecule has 27 heavy (non-hydrogen) atoms. The Bertz CT molecular complexity index is 601. The van der Waals surface area contributed by atoms with Crippen LogP contribution in [0, 0.1) is 6.92 Å². The molecule has 0 spiro atoms. The van der Waals surface area contributed by atoms with Crippen LogP contribution >= 0.6 is 24.0 Å². The third-order valence-corrected chi connectivity index (χ3v) is 5.26. The first kappa shape index (κ1) is 24.0. The molecule has 0 amide bonds. The predicted octanol–water partition coefficient (Wildman–Crippen LogP) is 4.02. The molecule has 6 heteroatoms. The Labute approximate surface area is 181 Å². The Balaban J connectivity index is 0.00000364. The Kier molecular flexibility index (Phi) is 10.4. The molecule has 0 saturated carbocycles. The number of hydrogen-bond donors (Lipinski definition) is 2. The largest absolute Gasteiger partial charge is 0.496 e. The molecule has 0 aromatic heterocycles. The van der Waals surface area contributed by atoms with Gasteiger partial charge in [0.05, 0.1) is 13.7 Å². The topological polar surface area (TPSA) is 54.9 Å². The molecule has 1 aromatic carbocycles. The summed E-state index contributed by atoms with van der Waals surface area (Å²) in [5, 5.41) is 6.86. The summed E-state index contributed by atoms with van der Waals surface area (Å²) in [4.78, 5) is 4.96. The van der Waals surface area contributed by atoms with Crippen molar-refractivity contribution >= 4 is 29.9 Å². The van der Waals surface area contributed by atoms with Crippen LogP contribution in [0.3, 0.4) is 0 Å². The molecule has 154 valence electrons. The van der Waals surface area contributed by atoms with Crippen LogP contribution in [-0.4, -0.2) is 45.4 Å². The van der Waals surface area contributed by atoms with Crippen LogP contribution in [0.4, 0.5) is 0 Å². The van der Waals surface area contributed by atoms with Gasteiger partial charge in [-0.15, -0.1) is 24.0 Å². The Morgan fingerprint density at radius 1 is 1.30 bits per heavy atom. The second-order valence-electron chi connectivity index (χ2n) is 7.25. The highest BCUT2D eigenvalue weighted by atomic mass is 127. The molecular weight excluding hydrogens is 453 g/mol. The number of aryl methyl sites for hydroxylation is 1. The normalized spacial score (nSPS) is 17.6. The van der Waals surface area contributed by atoms with Crippen molar-refractivity contribution in [3.8, 4) is 5.75 Å². The van der Waals surface area contributed by atoms with Gasteiger partial charge in [0.25, 0.3) is 0 Å². The van der Waals surface area contributed by atoms with Crippen molar-refractivity contribution in [2.24, 2.45) is 4.99 Å². The highest BCUT2D eigenvalue weighted by Gasteiger charge is 2.37. The molecule has 0 bridgehead atoms. The van der Waals surface area contributed by atoms with Crippen molar-refractivity contribution in [3.05, 3.63) is 29.3 Å². The monoisotopic (exact) mass is 489 g/mol. The van der Waals surface area contributed by atoms with E-state index < -0.39 is 0 Å². The molecule has 2 N–H and O–H groups in total. The van der Waals surface area contributed by atoms with Crippen molar-refractivity contribution < 1.29 is 9.47 Å². The van der Waals surface area contributed by atoms with Gasteiger partial charge in [-0.25, -0.2) is 0 Å². The van der Waals surface area contributed by atoms with Crippen LogP contribution in [0.15, 0.2) is 23.2 Å². The Hall–Kier alpha value is -1.02. The molecule has 1 fully saturated rings. The van der Waals surface area contributed by atoms with Crippen LogP contribution in [0.25, 0.3) is 0 Å². The molecule has 1 atom stereocenters. The molecule has 5 nitrogen and oxygen atoms in total. The Morgan fingerprint density at radius 3 is 2.59 bits per heavy atom. The molecule has 1 aliphatic rings. The number of rotatable bonds is 7. The smallest absolute Gasteiger partial charge is 0.191 e. The van der Waals surface area contributed by atoms with Crippen LogP contribution in [0.5, 0.6) is 5.75 Å². The van der Waals surface area contributed by atoms with Gasteiger partial charge in [0, 0.05) is 36.8 Å². The van der Waals surface area contributed by atoms with Crippen LogP contribution in [-0.2, 0) is 10.2 Å². The highest BCUT2D eigenvalue weighted by molar-refractivity contribution is 14.0. The van der Waals surface area contributed by atoms with Gasteiger partial charge in [-0.05, 0) is 46.1 Å². The third kappa shape index (κ3) is 6.52. The van der Waals surface area contributed by atoms with Gasteiger partial charge in [-0.2, -0.15) is 0 Å². The maximum atomic E-state index is 5.69. The van der Waals surface area contributed by atoms with E-state index in [1.807, 2.05) is 0 Å². The lowest BCUT2D eigenvalue weighted by Gasteiger charge is -2.37. The van der Waals surface area contributed by atoms with Gasteiger partial charge >= 0.3 is 0 Å². The molecule has 0 radical (unpaired) electrons. The fourth-order valence-corrected chi connectivity index (χ4v) is 3.40. The molecule has 1 saturated heterocycles. The third-order valence-electron chi connectivity index (χ3n) is 5.26. The molecule has 1 aliphatic heterocycles.